The number of carbonyl (C=O) groups is 1. The fraction of sp³-hybridized carbons (Fsp3) is 0.250. The molecule has 1 aliphatic carbocycles. The van der Waals surface area contributed by atoms with Crippen LogP contribution in [-0.4, -0.2) is 27.3 Å². The first-order chi connectivity index (χ1) is 8.33. The number of rotatable bonds is 4. The summed E-state index contributed by atoms with van der Waals surface area (Å²) < 4.78 is 5.64. The van der Waals surface area contributed by atoms with Crippen molar-refractivity contribution in [2.24, 2.45) is 0 Å². The lowest BCUT2D eigenvalue weighted by atomic mass is 10.1. The van der Waals surface area contributed by atoms with Gasteiger partial charge in [-0.3, -0.25) is 4.79 Å². The topological polar surface area (TPSA) is 67.9 Å². The maximum absolute atomic E-state index is 12.0. The van der Waals surface area contributed by atoms with Crippen LogP contribution in [0, 0.1) is 0 Å². The van der Waals surface area contributed by atoms with Gasteiger partial charge in [0.1, 0.15) is 5.75 Å². The van der Waals surface area contributed by atoms with E-state index in [9.17, 15) is 4.79 Å². The normalized spacial score (nSPS) is 14.6. The molecule has 0 aliphatic heterocycles. The smallest absolute Gasteiger partial charge is 0.215 e. The average molecular weight is 229 g/mol. The first kappa shape index (κ1) is 10.0. The zero-order valence-corrected chi connectivity index (χ0v) is 9.09. The third kappa shape index (κ3) is 2.18. The van der Waals surface area contributed by atoms with Crippen LogP contribution in [0.2, 0.25) is 0 Å². The Bertz CT molecular complexity index is 532. The van der Waals surface area contributed by atoms with Gasteiger partial charge in [-0.15, -0.1) is 0 Å². The van der Waals surface area contributed by atoms with Crippen molar-refractivity contribution in [1.29, 1.82) is 0 Å². The number of carbonyl (C=O) groups excluding carboxylic acids is 1. The molecule has 0 atom stereocenters. The van der Waals surface area contributed by atoms with E-state index in [4.69, 9.17) is 4.74 Å². The van der Waals surface area contributed by atoms with Crippen LogP contribution >= 0.6 is 0 Å². The van der Waals surface area contributed by atoms with E-state index in [0.717, 1.165) is 18.6 Å². The molecule has 1 aromatic heterocycles. The molecule has 1 aliphatic rings. The van der Waals surface area contributed by atoms with Crippen LogP contribution < -0.4 is 4.74 Å². The Morgan fingerprint density at radius 2 is 2.29 bits per heavy atom. The molecule has 0 spiro atoms. The van der Waals surface area contributed by atoms with Crippen molar-refractivity contribution in [2.75, 3.05) is 0 Å². The van der Waals surface area contributed by atoms with Gasteiger partial charge >= 0.3 is 0 Å². The second kappa shape index (κ2) is 4.01. The average Bonchev–Trinajstić information content (AvgIpc) is 2.99. The minimum atomic E-state index is -0.153. The van der Waals surface area contributed by atoms with Crippen molar-refractivity contribution >= 4 is 5.78 Å². The number of hydrogen-bond acceptors (Lipinski definition) is 4. The summed E-state index contributed by atoms with van der Waals surface area (Å²) in [5, 5.41) is 9.82. The first-order valence-electron chi connectivity index (χ1n) is 5.50. The molecule has 1 saturated carbocycles. The SMILES string of the molecule is O=C(c1cccc(OC2CC2)c1)c1cn[nH]n1. The van der Waals surface area contributed by atoms with Gasteiger partial charge in [-0.25, -0.2) is 0 Å². The van der Waals surface area contributed by atoms with Gasteiger partial charge in [-0.05, 0) is 25.0 Å². The lowest BCUT2D eigenvalue weighted by molar-refractivity contribution is 0.103. The Kier molecular flexibility index (Phi) is 2.36. The fourth-order valence-corrected chi connectivity index (χ4v) is 1.55. The molecule has 0 radical (unpaired) electrons. The summed E-state index contributed by atoms with van der Waals surface area (Å²) in [6, 6.07) is 7.16. The molecule has 1 heterocycles. The van der Waals surface area contributed by atoms with Gasteiger partial charge in [-0.1, -0.05) is 12.1 Å². The predicted octanol–water partition coefficient (Wildman–Crippen LogP) is 1.58. The molecule has 0 bridgehead atoms. The van der Waals surface area contributed by atoms with Crippen molar-refractivity contribution in [3.05, 3.63) is 41.7 Å². The number of nitrogens with zero attached hydrogens (tertiary/aromatic N) is 2. The summed E-state index contributed by atoms with van der Waals surface area (Å²) >= 11 is 0. The number of aromatic nitrogens is 3. The van der Waals surface area contributed by atoms with Crippen LogP contribution in [0.4, 0.5) is 0 Å². The molecule has 5 nitrogen and oxygen atoms in total. The molecule has 3 rings (SSSR count). The van der Waals surface area contributed by atoms with Crippen LogP contribution in [-0.2, 0) is 0 Å². The summed E-state index contributed by atoms with van der Waals surface area (Å²) in [6.45, 7) is 0. The van der Waals surface area contributed by atoms with Crippen molar-refractivity contribution < 1.29 is 9.53 Å². The molecule has 0 unspecified atom stereocenters. The Hall–Kier alpha value is -2.17. The molecular formula is C12H11N3O2. The van der Waals surface area contributed by atoms with E-state index in [0.29, 0.717) is 17.4 Å². The third-order valence-electron chi connectivity index (χ3n) is 2.57. The second-order valence-electron chi connectivity index (χ2n) is 4.03. The number of benzene rings is 1. The summed E-state index contributed by atoms with van der Waals surface area (Å²) in [5.41, 5.74) is 0.880. The van der Waals surface area contributed by atoms with E-state index in [2.05, 4.69) is 15.4 Å². The van der Waals surface area contributed by atoms with E-state index in [1.807, 2.05) is 12.1 Å². The molecule has 1 N–H and O–H groups in total. The number of H-pyrrole nitrogens is 1. The molecule has 2 aromatic rings. The zero-order valence-electron chi connectivity index (χ0n) is 9.09. The summed E-state index contributed by atoms with van der Waals surface area (Å²) in [5.74, 6) is 0.585. The minimum Gasteiger partial charge on any atom is -0.490 e. The summed E-state index contributed by atoms with van der Waals surface area (Å²) in [4.78, 5) is 12.0. The molecular weight excluding hydrogens is 218 g/mol. The number of nitrogens with one attached hydrogen (secondary N) is 1. The number of aromatic amines is 1. The Morgan fingerprint density at radius 1 is 1.41 bits per heavy atom. The van der Waals surface area contributed by atoms with Gasteiger partial charge in [0.2, 0.25) is 5.78 Å². The van der Waals surface area contributed by atoms with E-state index >= 15 is 0 Å². The highest BCUT2D eigenvalue weighted by Crippen LogP contribution is 2.27. The van der Waals surface area contributed by atoms with Crippen molar-refractivity contribution in [3.8, 4) is 5.75 Å². The number of ketones is 1. The second-order valence-corrected chi connectivity index (χ2v) is 4.03. The zero-order chi connectivity index (χ0) is 11.7. The van der Waals surface area contributed by atoms with Gasteiger partial charge < -0.3 is 4.74 Å². The van der Waals surface area contributed by atoms with Gasteiger partial charge in [0, 0.05) is 5.56 Å². The molecule has 5 heteroatoms. The largest absolute Gasteiger partial charge is 0.490 e. The molecule has 1 aromatic carbocycles. The van der Waals surface area contributed by atoms with Crippen LogP contribution in [0.25, 0.3) is 0 Å². The lowest BCUT2D eigenvalue weighted by Gasteiger charge is -2.05. The Morgan fingerprint density at radius 3 is 3.00 bits per heavy atom. The molecule has 1 fully saturated rings. The quantitative estimate of drug-likeness (QED) is 0.808. The predicted molar refractivity (Wildman–Crippen MR) is 59.9 cm³/mol. The molecule has 0 saturated heterocycles. The maximum Gasteiger partial charge on any atom is 0.215 e. The number of ether oxygens (including phenoxy) is 1. The van der Waals surface area contributed by atoms with Gasteiger partial charge in [0.25, 0.3) is 0 Å². The molecule has 0 amide bonds. The Labute approximate surface area is 97.8 Å². The number of hydrogen-bond donors (Lipinski definition) is 1. The van der Waals surface area contributed by atoms with E-state index in [-0.39, 0.29) is 5.78 Å². The van der Waals surface area contributed by atoms with Crippen molar-refractivity contribution in [3.63, 3.8) is 0 Å². The fourth-order valence-electron chi connectivity index (χ4n) is 1.55. The van der Waals surface area contributed by atoms with Gasteiger partial charge in [-0.2, -0.15) is 15.4 Å². The van der Waals surface area contributed by atoms with Crippen LogP contribution in [0.1, 0.15) is 28.9 Å². The minimum absolute atomic E-state index is 0.153. The monoisotopic (exact) mass is 229 g/mol. The van der Waals surface area contributed by atoms with E-state index in [1.54, 1.807) is 12.1 Å². The van der Waals surface area contributed by atoms with Crippen LogP contribution in [0.15, 0.2) is 30.5 Å². The van der Waals surface area contributed by atoms with Crippen molar-refractivity contribution in [2.45, 2.75) is 18.9 Å². The van der Waals surface area contributed by atoms with Gasteiger partial charge in [0.05, 0.1) is 12.3 Å². The highest BCUT2D eigenvalue weighted by atomic mass is 16.5. The molecule has 86 valence electrons. The Balaban J connectivity index is 1.84. The van der Waals surface area contributed by atoms with Crippen LogP contribution in [0.5, 0.6) is 5.75 Å². The van der Waals surface area contributed by atoms with E-state index < -0.39 is 0 Å². The first-order valence-corrected chi connectivity index (χ1v) is 5.50. The highest BCUT2D eigenvalue weighted by molar-refractivity contribution is 6.07. The van der Waals surface area contributed by atoms with Gasteiger partial charge in [0.15, 0.2) is 5.69 Å². The standard InChI is InChI=1S/C12H11N3O2/c16-12(11-7-13-15-14-11)8-2-1-3-10(6-8)17-9-4-5-9/h1-3,6-7,9H,4-5H2,(H,13,14,15). The summed E-state index contributed by atoms with van der Waals surface area (Å²) in [6.07, 6.45) is 3.94. The third-order valence-corrected chi connectivity index (χ3v) is 2.57. The molecule has 17 heavy (non-hydrogen) atoms. The maximum atomic E-state index is 12.0. The summed E-state index contributed by atoms with van der Waals surface area (Å²) in [7, 11) is 0. The highest BCUT2D eigenvalue weighted by Gasteiger charge is 2.23. The van der Waals surface area contributed by atoms with Crippen LogP contribution in [0.3, 0.4) is 0 Å². The lowest BCUT2D eigenvalue weighted by Crippen LogP contribution is -2.03. The van der Waals surface area contributed by atoms with Crippen molar-refractivity contribution in [1.82, 2.24) is 15.4 Å². The van der Waals surface area contributed by atoms with E-state index in [1.165, 1.54) is 6.20 Å².